The van der Waals surface area contributed by atoms with Gasteiger partial charge in [0.1, 0.15) is 0 Å². The molecule has 2 fully saturated rings. The van der Waals surface area contributed by atoms with Gasteiger partial charge in [-0.25, -0.2) is 0 Å². The summed E-state index contributed by atoms with van der Waals surface area (Å²) in [5.41, 5.74) is 2.47. The van der Waals surface area contributed by atoms with Gasteiger partial charge in [-0.05, 0) is 62.7 Å². The van der Waals surface area contributed by atoms with E-state index in [0.717, 1.165) is 19.5 Å². The molecule has 2 aliphatic rings. The Labute approximate surface area is 174 Å². The highest BCUT2D eigenvalue weighted by molar-refractivity contribution is 5.85. The predicted molar refractivity (Wildman–Crippen MR) is 117 cm³/mol. The summed E-state index contributed by atoms with van der Waals surface area (Å²) in [6, 6.07) is 9.14. The van der Waals surface area contributed by atoms with E-state index in [1.165, 1.54) is 61.7 Å². The van der Waals surface area contributed by atoms with E-state index in [1.54, 1.807) is 7.11 Å². The molecule has 2 aliphatic heterocycles. The SMILES string of the molecule is COCCn1cc(CCC(=O)NC[C@@H]2CCCN3CCCC[C@H]23)c2ccccc21. The van der Waals surface area contributed by atoms with Crippen molar-refractivity contribution in [1.82, 2.24) is 14.8 Å². The normalized spacial score (nSPS) is 22.5. The topological polar surface area (TPSA) is 46.5 Å². The van der Waals surface area contributed by atoms with Crippen LogP contribution >= 0.6 is 0 Å². The summed E-state index contributed by atoms with van der Waals surface area (Å²) in [6.45, 7) is 4.88. The number of amides is 1. The molecule has 0 radical (unpaired) electrons. The number of methoxy groups -OCH3 is 1. The number of carbonyl (C=O) groups is 1. The first kappa shape index (κ1) is 20.4. The van der Waals surface area contributed by atoms with Crippen molar-refractivity contribution in [3.63, 3.8) is 0 Å². The molecule has 0 bridgehead atoms. The summed E-state index contributed by atoms with van der Waals surface area (Å²) >= 11 is 0. The van der Waals surface area contributed by atoms with Gasteiger partial charge in [0.2, 0.25) is 5.91 Å². The molecule has 4 rings (SSSR count). The quantitative estimate of drug-likeness (QED) is 0.740. The number of nitrogens with zero attached hydrogens (tertiary/aromatic N) is 2. The van der Waals surface area contributed by atoms with E-state index >= 15 is 0 Å². The fourth-order valence-corrected chi connectivity index (χ4v) is 5.29. The Morgan fingerprint density at radius 1 is 1.17 bits per heavy atom. The van der Waals surface area contributed by atoms with Crippen molar-refractivity contribution < 1.29 is 9.53 Å². The summed E-state index contributed by atoms with van der Waals surface area (Å²) in [7, 11) is 1.73. The molecule has 1 amide bonds. The van der Waals surface area contributed by atoms with Crippen LogP contribution in [-0.4, -0.2) is 54.8 Å². The molecule has 2 aromatic rings. The van der Waals surface area contributed by atoms with Crippen molar-refractivity contribution >= 4 is 16.8 Å². The van der Waals surface area contributed by atoms with Crippen LogP contribution in [0.2, 0.25) is 0 Å². The van der Waals surface area contributed by atoms with Gasteiger partial charge in [-0.1, -0.05) is 24.6 Å². The molecule has 1 N–H and O–H groups in total. The second-order valence-corrected chi connectivity index (χ2v) is 8.66. The molecular formula is C24H35N3O2. The lowest BCUT2D eigenvalue weighted by Gasteiger charge is -2.44. The molecule has 1 aromatic heterocycles. The van der Waals surface area contributed by atoms with Gasteiger partial charge in [-0.3, -0.25) is 4.79 Å². The second kappa shape index (κ2) is 9.77. The zero-order valence-electron chi connectivity index (χ0n) is 17.7. The highest BCUT2D eigenvalue weighted by Crippen LogP contribution is 2.30. The van der Waals surface area contributed by atoms with Crippen molar-refractivity contribution in [2.75, 3.05) is 33.4 Å². The maximum Gasteiger partial charge on any atom is 0.220 e. The van der Waals surface area contributed by atoms with Crippen LogP contribution in [0.4, 0.5) is 0 Å². The lowest BCUT2D eigenvalue weighted by atomic mass is 9.83. The van der Waals surface area contributed by atoms with Gasteiger partial charge in [0.25, 0.3) is 0 Å². The van der Waals surface area contributed by atoms with E-state index < -0.39 is 0 Å². The van der Waals surface area contributed by atoms with Gasteiger partial charge >= 0.3 is 0 Å². The number of hydrogen-bond donors (Lipinski definition) is 1. The molecule has 3 heterocycles. The largest absolute Gasteiger partial charge is 0.383 e. The monoisotopic (exact) mass is 397 g/mol. The molecule has 5 heteroatoms. The van der Waals surface area contributed by atoms with Crippen LogP contribution in [0.1, 0.15) is 44.1 Å². The highest BCUT2D eigenvalue weighted by atomic mass is 16.5. The van der Waals surface area contributed by atoms with E-state index in [2.05, 4.69) is 45.2 Å². The van der Waals surface area contributed by atoms with Crippen LogP contribution in [0.25, 0.3) is 10.9 Å². The van der Waals surface area contributed by atoms with Crippen molar-refractivity contribution in [2.45, 2.75) is 57.5 Å². The van der Waals surface area contributed by atoms with Crippen molar-refractivity contribution in [2.24, 2.45) is 5.92 Å². The zero-order chi connectivity index (χ0) is 20.1. The number of piperidine rings is 2. The van der Waals surface area contributed by atoms with Crippen molar-refractivity contribution in [3.8, 4) is 0 Å². The molecule has 0 spiro atoms. The predicted octanol–water partition coefficient (Wildman–Crippen LogP) is 3.60. The van der Waals surface area contributed by atoms with Gasteiger partial charge in [0.15, 0.2) is 0 Å². The summed E-state index contributed by atoms with van der Waals surface area (Å²) in [5.74, 6) is 0.815. The van der Waals surface area contributed by atoms with E-state index in [0.29, 0.717) is 25.0 Å². The number of ether oxygens (including phenoxy) is 1. The minimum atomic E-state index is 0.187. The molecule has 0 saturated carbocycles. The molecule has 158 valence electrons. The molecule has 2 atom stereocenters. The van der Waals surface area contributed by atoms with Crippen LogP contribution in [0.5, 0.6) is 0 Å². The molecular weight excluding hydrogens is 362 g/mol. The Kier molecular flexibility index (Phi) is 6.88. The highest BCUT2D eigenvalue weighted by Gasteiger charge is 2.32. The van der Waals surface area contributed by atoms with Gasteiger partial charge in [-0.15, -0.1) is 0 Å². The minimum Gasteiger partial charge on any atom is -0.383 e. The second-order valence-electron chi connectivity index (χ2n) is 8.66. The standard InChI is InChI=1S/C24H35N3O2/c1-29-16-15-27-18-20(21-8-2-3-10-23(21)27)11-12-24(28)25-17-19-7-6-14-26-13-5-4-9-22(19)26/h2-3,8,10,18-19,22H,4-7,9,11-17H2,1H3,(H,25,28)/t19-,22+/m0/s1. The van der Waals surface area contributed by atoms with Crippen LogP contribution < -0.4 is 5.32 Å². The Morgan fingerprint density at radius 3 is 2.93 bits per heavy atom. The van der Waals surface area contributed by atoms with Crippen molar-refractivity contribution in [3.05, 3.63) is 36.0 Å². The fourth-order valence-electron chi connectivity index (χ4n) is 5.29. The third-order valence-electron chi connectivity index (χ3n) is 6.82. The average Bonchev–Trinajstić information content (AvgIpc) is 3.12. The molecule has 29 heavy (non-hydrogen) atoms. The molecule has 0 aliphatic carbocycles. The number of carbonyl (C=O) groups excluding carboxylic acids is 1. The lowest BCUT2D eigenvalue weighted by Crippen LogP contribution is -2.51. The van der Waals surface area contributed by atoms with Crippen LogP contribution in [0.15, 0.2) is 30.5 Å². The van der Waals surface area contributed by atoms with Gasteiger partial charge in [0.05, 0.1) is 6.61 Å². The van der Waals surface area contributed by atoms with Gasteiger partial charge < -0.3 is 19.5 Å². The summed E-state index contributed by atoms with van der Waals surface area (Å²) in [6.07, 6.45) is 10.1. The Bertz CT molecular complexity index is 814. The molecule has 1 aromatic carbocycles. The van der Waals surface area contributed by atoms with Gasteiger partial charge in [0, 0.05) is 49.8 Å². The van der Waals surface area contributed by atoms with Gasteiger partial charge in [-0.2, -0.15) is 0 Å². The molecule has 0 unspecified atom stereocenters. The summed E-state index contributed by atoms with van der Waals surface area (Å²) in [4.78, 5) is 15.2. The third-order valence-corrected chi connectivity index (χ3v) is 6.82. The van der Waals surface area contributed by atoms with E-state index in [-0.39, 0.29) is 5.91 Å². The number of aryl methyl sites for hydroxylation is 1. The van der Waals surface area contributed by atoms with Crippen molar-refractivity contribution in [1.29, 1.82) is 0 Å². The first-order chi connectivity index (χ1) is 14.3. The lowest BCUT2D eigenvalue weighted by molar-refractivity contribution is -0.121. The minimum absolute atomic E-state index is 0.187. The van der Waals surface area contributed by atoms with Crippen LogP contribution in [0.3, 0.4) is 0 Å². The number of benzene rings is 1. The number of nitrogens with one attached hydrogen (secondary N) is 1. The zero-order valence-corrected chi connectivity index (χ0v) is 17.7. The molecule has 5 nitrogen and oxygen atoms in total. The number of fused-ring (bicyclic) bond motifs is 2. The summed E-state index contributed by atoms with van der Waals surface area (Å²) < 4.78 is 7.48. The van der Waals surface area contributed by atoms with E-state index in [9.17, 15) is 4.79 Å². The first-order valence-electron chi connectivity index (χ1n) is 11.3. The van der Waals surface area contributed by atoms with Crippen LogP contribution in [0, 0.1) is 5.92 Å². The third kappa shape index (κ3) is 4.84. The first-order valence-corrected chi connectivity index (χ1v) is 11.3. The maximum atomic E-state index is 12.6. The summed E-state index contributed by atoms with van der Waals surface area (Å²) in [5, 5.41) is 4.50. The maximum absolute atomic E-state index is 12.6. The number of aromatic nitrogens is 1. The molecule has 2 saturated heterocycles. The average molecular weight is 398 g/mol. The number of hydrogen-bond acceptors (Lipinski definition) is 3. The smallest absolute Gasteiger partial charge is 0.220 e. The number of rotatable bonds is 8. The Hall–Kier alpha value is -1.85. The Balaban J connectivity index is 1.31. The van der Waals surface area contributed by atoms with E-state index in [4.69, 9.17) is 4.74 Å². The van der Waals surface area contributed by atoms with E-state index in [1.807, 2.05) is 0 Å². The fraction of sp³-hybridized carbons (Fsp3) is 0.625. The van der Waals surface area contributed by atoms with Crippen LogP contribution in [-0.2, 0) is 22.5 Å². The Morgan fingerprint density at radius 2 is 2.03 bits per heavy atom. The number of para-hydroxylation sites is 1.